The first-order valence-corrected chi connectivity index (χ1v) is 11.3. The highest BCUT2D eigenvalue weighted by Gasteiger charge is 2.28. The molecule has 1 aromatic carbocycles. The van der Waals surface area contributed by atoms with Crippen molar-refractivity contribution in [3.8, 4) is 5.75 Å². The highest BCUT2D eigenvalue weighted by Crippen LogP contribution is 2.32. The predicted molar refractivity (Wildman–Crippen MR) is 120 cm³/mol. The lowest BCUT2D eigenvalue weighted by atomic mass is 10.0. The van der Waals surface area contributed by atoms with Crippen molar-refractivity contribution in [1.29, 1.82) is 0 Å². The Balaban J connectivity index is 0.00000109. The molecule has 6 heteroatoms. The maximum Gasteiger partial charge on any atom is 0.115 e. The molecule has 2 aromatic heterocycles. The Bertz CT molecular complexity index is 810. The van der Waals surface area contributed by atoms with Crippen molar-refractivity contribution in [2.24, 2.45) is 0 Å². The Hall–Kier alpha value is -2.02. The van der Waals surface area contributed by atoms with E-state index in [2.05, 4.69) is 43.8 Å². The molecule has 1 N–H and O–H groups in total. The largest absolute Gasteiger partial charge is 0.508 e. The highest BCUT2D eigenvalue weighted by molar-refractivity contribution is 7.98. The van der Waals surface area contributed by atoms with Crippen molar-refractivity contribution < 1.29 is 5.11 Å². The van der Waals surface area contributed by atoms with E-state index >= 15 is 0 Å². The average Bonchev–Trinajstić information content (AvgIpc) is 3.24. The molecule has 1 aliphatic rings. The lowest BCUT2D eigenvalue weighted by Crippen LogP contribution is -2.52. The van der Waals surface area contributed by atoms with Gasteiger partial charge in [-0.05, 0) is 71.8 Å². The van der Waals surface area contributed by atoms with E-state index in [0.717, 1.165) is 26.1 Å². The average molecular weight is 414 g/mol. The van der Waals surface area contributed by atoms with Crippen LogP contribution in [0.2, 0.25) is 0 Å². The fourth-order valence-corrected chi connectivity index (χ4v) is 5.22. The third-order valence-electron chi connectivity index (χ3n) is 4.56. The van der Waals surface area contributed by atoms with Crippen LogP contribution in [-0.2, 0) is 6.42 Å². The van der Waals surface area contributed by atoms with Crippen LogP contribution >= 0.6 is 23.3 Å². The summed E-state index contributed by atoms with van der Waals surface area (Å²) in [6, 6.07) is 16.4. The monoisotopic (exact) mass is 413 g/mol. The topological polar surface area (TPSA) is 39.6 Å². The summed E-state index contributed by atoms with van der Waals surface area (Å²) in [4.78, 5) is 6.60. The van der Waals surface area contributed by atoms with Crippen LogP contribution in [0.3, 0.4) is 0 Å². The van der Waals surface area contributed by atoms with Crippen LogP contribution < -0.4 is 4.90 Å². The highest BCUT2D eigenvalue weighted by atomic mass is 32.2. The summed E-state index contributed by atoms with van der Waals surface area (Å²) in [5.41, 5.74) is 2.47. The molecule has 1 fully saturated rings. The number of phenols is 1. The van der Waals surface area contributed by atoms with Gasteiger partial charge in [0, 0.05) is 43.8 Å². The van der Waals surface area contributed by atoms with Gasteiger partial charge < -0.3 is 10.0 Å². The minimum atomic E-state index is 0.311. The Morgan fingerprint density at radius 2 is 1.82 bits per heavy atom. The SMILES string of the molecule is CC.Oc1ccc(N2CCN(Sc3cccs3)CC2Cc2ccncc2)cc1. The Morgan fingerprint density at radius 1 is 1.07 bits per heavy atom. The van der Waals surface area contributed by atoms with Gasteiger partial charge in [0.15, 0.2) is 0 Å². The van der Waals surface area contributed by atoms with Crippen LogP contribution in [0.15, 0.2) is 70.5 Å². The molecule has 1 aliphatic heterocycles. The number of phenolic OH excluding ortho intramolecular Hbond substituents is 1. The molecule has 3 heterocycles. The molecule has 0 amide bonds. The predicted octanol–water partition coefficient (Wildman–Crippen LogP) is 5.32. The molecular formula is C22H27N3OS2. The second kappa shape index (κ2) is 10.5. The molecule has 0 bridgehead atoms. The molecule has 1 unspecified atom stereocenters. The van der Waals surface area contributed by atoms with Gasteiger partial charge in [-0.3, -0.25) is 4.98 Å². The van der Waals surface area contributed by atoms with E-state index < -0.39 is 0 Å². The third-order valence-corrected chi connectivity index (χ3v) is 6.64. The number of benzene rings is 1. The molecule has 4 rings (SSSR count). The second-order valence-electron chi connectivity index (χ2n) is 6.33. The minimum absolute atomic E-state index is 0.311. The lowest BCUT2D eigenvalue weighted by Gasteiger charge is -2.42. The number of aromatic hydroxyl groups is 1. The van der Waals surface area contributed by atoms with Gasteiger partial charge in [-0.2, -0.15) is 0 Å². The Labute approximate surface area is 176 Å². The van der Waals surface area contributed by atoms with E-state index in [1.54, 1.807) is 23.5 Å². The number of piperazine rings is 1. The van der Waals surface area contributed by atoms with Gasteiger partial charge in [0.05, 0.1) is 4.21 Å². The van der Waals surface area contributed by atoms with Crippen molar-refractivity contribution >= 4 is 29.0 Å². The van der Waals surface area contributed by atoms with Gasteiger partial charge in [-0.1, -0.05) is 19.9 Å². The zero-order valence-corrected chi connectivity index (χ0v) is 18.0. The number of pyridine rings is 1. The van der Waals surface area contributed by atoms with E-state index in [1.807, 2.05) is 50.3 Å². The van der Waals surface area contributed by atoms with E-state index in [4.69, 9.17) is 0 Å². The first-order valence-electron chi connectivity index (χ1n) is 9.69. The van der Waals surface area contributed by atoms with Gasteiger partial charge in [0.2, 0.25) is 0 Å². The van der Waals surface area contributed by atoms with E-state index in [9.17, 15) is 5.11 Å². The van der Waals surface area contributed by atoms with Gasteiger partial charge in [0.1, 0.15) is 5.75 Å². The summed E-state index contributed by atoms with van der Waals surface area (Å²) in [6.07, 6.45) is 4.70. The zero-order valence-electron chi connectivity index (χ0n) is 16.4. The number of nitrogens with zero attached hydrogens (tertiary/aromatic N) is 3. The van der Waals surface area contributed by atoms with Crippen molar-refractivity contribution in [1.82, 2.24) is 9.29 Å². The summed E-state index contributed by atoms with van der Waals surface area (Å²) < 4.78 is 3.81. The molecule has 0 aliphatic carbocycles. The van der Waals surface area contributed by atoms with Crippen molar-refractivity contribution in [2.75, 3.05) is 24.5 Å². The second-order valence-corrected chi connectivity index (χ2v) is 8.68. The minimum Gasteiger partial charge on any atom is -0.508 e. The molecule has 28 heavy (non-hydrogen) atoms. The first-order chi connectivity index (χ1) is 13.8. The molecule has 1 saturated heterocycles. The van der Waals surface area contributed by atoms with Gasteiger partial charge in [0.25, 0.3) is 0 Å². The molecule has 1 atom stereocenters. The van der Waals surface area contributed by atoms with E-state index in [1.165, 1.54) is 15.5 Å². The summed E-state index contributed by atoms with van der Waals surface area (Å²) in [7, 11) is 0. The van der Waals surface area contributed by atoms with Crippen LogP contribution in [0.1, 0.15) is 19.4 Å². The summed E-state index contributed by atoms with van der Waals surface area (Å²) in [5.74, 6) is 0.311. The summed E-state index contributed by atoms with van der Waals surface area (Å²) >= 11 is 3.65. The Morgan fingerprint density at radius 3 is 2.50 bits per heavy atom. The van der Waals surface area contributed by atoms with Crippen LogP contribution in [0.5, 0.6) is 5.75 Å². The van der Waals surface area contributed by atoms with Crippen molar-refractivity contribution in [3.05, 3.63) is 71.9 Å². The van der Waals surface area contributed by atoms with Gasteiger partial charge >= 0.3 is 0 Å². The lowest BCUT2D eigenvalue weighted by molar-refractivity contribution is 0.359. The maximum atomic E-state index is 9.61. The van der Waals surface area contributed by atoms with Crippen molar-refractivity contribution in [3.63, 3.8) is 0 Å². The summed E-state index contributed by atoms with van der Waals surface area (Å²) in [5, 5.41) is 11.7. The number of aromatic nitrogens is 1. The van der Waals surface area contributed by atoms with Crippen molar-refractivity contribution in [2.45, 2.75) is 30.5 Å². The fraction of sp³-hybridized carbons (Fsp3) is 0.318. The Kier molecular flexibility index (Phi) is 7.77. The molecule has 0 spiro atoms. The number of hydrogen-bond donors (Lipinski definition) is 1. The number of anilines is 1. The van der Waals surface area contributed by atoms with Crippen LogP contribution in [0.4, 0.5) is 5.69 Å². The normalized spacial score (nSPS) is 17.1. The number of thiophene rings is 1. The number of hydrogen-bond acceptors (Lipinski definition) is 6. The molecule has 0 radical (unpaired) electrons. The van der Waals surface area contributed by atoms with Gasteiger partial charge in [-0.15, -0.1) is 11.3 Å². The number of rotatable bonds is 5. The van der Waals surface area contributed by atoms with Crippen LogP contribution in [-0.4, -0.2) is 40.1 Å². The summed E-state index contributed by atoms with van der Waals surface area (Å²) in [6.45, 7) is 6.97. The molecule has 4 nitrogen and oxygen atoms in total. The smallest absolute Gasteiger partial charge is 0.115 e. The quantitative estimate of drug-likeness (QED) is 0.574. The zero-order chi connectivity index (χ0) is 19.8. The first kappa shape index (κ1) is 20.7. The molecule has 0 saturated carbocycles. The maximum absolute atomic E-state index is 9.61. The molecule has 3 aromatic rings. The van der Waals surface area contributed by atoms with Crippen LogP contribution in [0.25, 0.3) is 0 Å². The third kappa shape index (κ3) is 5.50. The van der Waals surface area contributed by atoms with E-state index in [-0.39, 0.29) is 0 Å². The molecular weight excluding hydrogens is 386 g/mol. The fourth-order valence-electron chi connectivity index (χ4n) is 3.30. The van der Waals surface area contributed by atoms with E-state index in [0.29, 0.717) is 11.8 Å². The standard InChI is InChI=1S/C20H21N3OS2.C2H6/c24-19-5-3-17(4-6-19)23-12-11-22(26-20-2-1-13-25-20)15-18(23)14-16-7-9-21-10-8-16;1-2/h1-10,13,18,24H,11-12,14-15H2;1-2H3. The van der Waals surface area contributed by atoms with Crippen LogP contribution in [0, 0.1) is 0 Å². The molecule has 148 valence electrons. The van der Waals surface area contributed by atoms with Gasteiger partial charge in [-0.25, -0.2) is 4.31 Å².